The molecule has 0 aromatic rings. The number of aliphatic hydroxyl groups is 2. The molecule has 0 saturated carbocycles. The van der Waals surface area contributed by atoms with Gasteiger partial charge in [-0.15, -0.1) is 0 Å². The molecule has 0 aromatic carbocycles. The summed E-state index contributed by atoms with van der Waals surface area (Å²) in [4.78, 5) is 11.1. The number of ether oxygens (including phenoxy) is 6. The Balaban J connectivity index is 3.13. The lowest BCUT2D eigenvalue weighted by Crippen LogP contribution is -2.17. The molecule has 2 N–H and O–H groups in total. The molecule has 0 rings (SSSR count). The van der Waals surface area contributed by atoms with Crippen molar-refractivity contribution in [2.75, 3.05) is 79.3 Å². The van der Waals surface area contributed by atoms with Crippen LogP contribution < -0.4 is 0 Å². The van der Waals surface area contributed by atoms with Gasteiger partial charge in [-0.1, -0.05) is 0 Å². The molecule has 0 spiro atoms. The fourth-order valence-electron chi connectivity index (χ4n) is 1.18. The van der Waals surface area contributed by atoms with Crippen LogP contribution in [-0.4, -0.2) is 95.7 Å². The van der Waals surface area contributed by atoms with Crippen LogP contribution in [0.3, 0.4) is 0 Å². The molecule has 0 heterocycles. The van der Waals surface area contributed by atoms with Gasteiger partial charge in [0, 0.05) is 0 Å². The van der Waals surface area contributed by atoms with Crippen LogP contribution in [0.15, 0.2) is 0 Å². The highest BCUT2D eigenvalue weighted by Crippen LogP contribution is 1.88. The lowest BCUT2D eigenvalue weighted by molar-refractivity contribution is -0.00956. The van der Waals surface area contributed by atoms with E-state index in [0.29, 0.717) is 26.4 Å². The average molecular weight is 326 g/mol. The van der Waals surface area contributed by atoms with Crippen LogP contribution in [0.5, 0.6) is 0 Å². The van der Waals surface area contributed by atoms with Crippen LogP contribution in [0.1, 0.15) is 0 Å². The van der Waals surface area contributed by atoms with E-state index in [0.717, 1.165) is 0 Å². The molecule has 0 aliphatic heterocycles. The van der Waals surface area contributed by atoms with Crippen molar-refractivity contribution >= 4 is 6.16 Å². The van der Waals surface area contributed by atoms with Gasteiger partial charge in [-0.2, -0.15) is 0 Å². The molecule has 0 aliphatic carbocycles. The fourth-order valence-corrected chi connectivity index (χ4v) is 1.18. The minimum absolute atomic E-state index is 0.0195. The molecule has 0 aromatic heterocycles. The third-order valence-corrected chi connectivity index (χ3v) is 2.11. The third kappa shape index (κ3) is 17.1. The summed E-state index contributed by atoms with van der Waals surface area (Å²) in [6.07, 6.45) is -0.778. The standard InChI is InChI=1S/C13H26O9/c14-1-3-17-5-7-19-9-11-21-13(16)22-12-10-20-8-6-18-4-2-15/h14-15H,1-12H2. The summed E-state index contributed by atoms with van der Waals surface area (Å²) in [7, 11) is 0. The van der Waals surface area contributed by atoms with Gasteiger partial charge in [0.1, 0.15) is 13.2 Å². The van der Waals surface area contributed by atoms with Crippen LogP contribution in [0.25, 0.3) is 0 Å². The van der Waals surface area contributed by atoms with Crippen molar-refractivity contribution in [3.63, 3.8) is 0 Å². The van der Waals surface area contributed by atoms with Crippen molar-refractivity contribution in [1.82, 2.24) is 0 Å². The highest BCUT2D eigenvalue weighted by atomic mass is 16.7. The van der Waals surface area contributed by atoms with Crippen LogP contribution in [0, 0.1) is 0 Å². The Morgan fingerprint density at radius 2 is 0.864 bits per heavy atom. The molecule has 0 fully saturated rings. The highest BCUT2D eigenvalue weighted by Gasteiger charge is 2.03. The van der Waals surface area contributed by atoms with Gasteiger partial charge in [0.25, 0.3) is 0 Å². The van der Waals surface area contributed by atoms with E-state index >= 15 is 0 Å². The van der Waals surface area contributed by atoms with E-state index in [4.69, 9.17) is 38.6 Å². The first-order valence-corrected chi connectivity index (χ1v) is 7.13. The SMILES string of the molecule is O=C(OCCOCCOCCO)OCCOCCOCCO. The maximum absolute atomic E-state index is 11.1. The average Bonchev–Trinajstić information content (AvgIpc) is 2.52. The first-order chi connectivity index (χ1) is 10.8. The second-order valence-electron chi connectivity index (χ2n) is 3.84. The van der Waals surface area contributed by atoms with Crippen LogP contribution >= 0.6 is 0 Å². The molecular formula is C13H26O9. The minimum atomic E-state index is -0.778. The zero-order valence-electron chi connectivity index (χ0n) is 12.7. The predicted octanol–water partition coefficient (Wildman–Crippen LogP) is -0.809. The number of hydrogen-bond donors (Lipinski definition) is 2. The largest absolute Gasteiger partial charge is 0.508 e. The second kappa shape index (κ2) is 18.1. The number of hydrogen-bond acceptors (Lipinski definition) is 9. The summed E-state index contributed by atoms with van der Waals surface area (Å²) in [5.74, 6) is 0. The van der Waals surface area contributed by atoms with E-state index in [1.54, 1.807) is 0 Å². The van der Waals surface area contributed by atoms with E-state index in [9.17, 15) is 4.79 Å². The van der Waals surface area contributed by atoms with Gasteiger partial charge in [0.05, 0.1) is 66.1 Å². The van der Waals surface area contributed by atoms with Gasteiger partial charge < -0.3 is 38.6 Å². The first-order valence-electron chi connectivity index (χ1n) is 7.13. The highest BCUT2D eigenvalue weighted by molar-refractivity contribution is 5.59. The fraction of sp³-hybridized carbons (Fsp3) is 0.923. The molecule has 0 bridgehead atoms. The molecular weight excluding hydrogens is 300 g/mol. The van der Waals surface area contributed by atoms with Crippen molar-refractivity contribution in [2.24, 2.45) is 0 Å². The van der Waals surface area contributed by atoms with Gasteiger partial charge in [-0.05, 0) is 0 Å². The topological polar surface area (TPSA) is 113 Å². The maximum Gasteiger partial charge on any atom is 0.508 e. The Bertz CT molecular complexity index is 216. The van der Waals surface area contributed by atoms with E-state index in [1.807, 2.05) is 0 Å². The Labute approximate surface area is 130 Å². The lowest BCUT2D eigenvalue weighted by Gasteiger charge is -2.08. The first kappa shape index (κ1) is 21.0. The second-order valence-corrected chi connectivity index (χ2v) is 3.84. The van der Waals surface area contributed by atoms with E-state index in [1.165, 1.54) is 0 Å². The smallest absolute Gasteiger partial charge is 0.432 e. The van der Waals surface area contributed by atoms with Crippen molar-refractivity contribution in [3.8, 4) is 0 Å². The Morgan fingerprint density at radius 1 is 0.545 bits per heavy atom. The Kier molecular flexibility index (Phi) is 17.3. The maximum atomic E-state index is 11.1. The van der Waals surface area contributed by atoms with Gasteiger partial charge >= 0.3 is 6.16 Å². The van der Waals surface area contributed by atoms with Crippen molar-refractivity contribution < 1.29 is 43.4 Å². The quantitative estimate of drug-likeness (QED) is 0.278. The summed E-state index contributed by atoms with van der Waals surface area (Å²) in [6, 6.07) is 0. The molecule has 0 atom stereocenters. The molecule has 9 nitrogen and oxygen atoms in total. The summed E-state index contributed by atoms with van der Waals surface area (Å²) in [5.41, 5.74) is 0. The van der Waals surface area contributed by atoms with Gasteiger partial charge in [-0.3, -0.25) is 0 Å². The normalized spacial score (nSPS) is 10.6. The van der Waals surface area contributed by atoms with Crippen molar-refractivity contribution in [1.29, 1.82) is 0 Å². The van der Waals surface area contributed by atoms with Crippen molar-refractivity contribution in [3.05, 3.63) is 0 Å². The van der Waals surface area contributed by atoms with Gasteiger partial charge in [0.15, 0.2) is 0 Å². The summed E-state index contributed by atoms with van der Waals surface area (Å²) in [5, 5.41) is 16.9. The summed E-state index contributed by atoms with van der Waals surface area (Å²) in [6.45, 7) is 2.69. The van der Waals surface area contributed by atoms with E-state index < -0.39 is 6.16 Å². The molecule has 0 radical (unpaired) electrons. The zero-order chi connectivity index (χ0) is 16.3. The number of carbonyl (C=O) groups excluding carboxylic acids is 1. The third-order valence-electron chi connectivity index (χ3n) is 2.11. The molecule has 0 amide bonds. The molecule has 0 unspecified atom stereocenters. The molecule has 0 saturated heterocycles. The number of rotatable bonds is 16. The lowest BCUT2D eigenvalue weighted by atomic mass is 10.7. The van der Waals surface area contributed by atoms with E-state index in [-0.39, 0.29) is 52.9 Å². The Hall–Kier alpha value is -0.970. The number of aliphatic hydroxyl groups excluding tert-OH is 2. The molecule has 0 aliphatic rings. The summed E-state index contributed by atoms with van der Waals surface area (Å²) < 4.78 is 29.7. The van der Waals surface area contributed by atoms with Gasteiger partial charge in [-0.25, -0.2) is 4.79 Å². The van der Waals surface area contributed by atoms with Crippen LogP contribution in [0.4, 0.5) is 4.79 Å². The zero-order valence-corrected chi connectivity index (χ0v) is 12.7. The van der Waals surface area contributed by atoms with Gasteiger partial charge in [0.2, 0.25) is 0 Å². The van der Waals surface area contributed by atoms with E-state index in [2.05, 4.69) is 0 Å². The number of carbonyl (C=O) groups is 1. The summed E-state index contributed by atoms with van der Waals surface area (Å²) >= 11 is 0. The predicted molar refractivity (Wildman–Crippen MR) is 74.7 cm³/mol. The van der Waals surface area contributed by atoms with Crippen LogP contribution in [-0.2, 0) is 28.4 Å². The molecule has 22 heavy (non-hydrogen) atoms. The molecule has 132 valence electrons. The minimum Gasteiger partial charge on any atom is -0.432 e. The van der Waals surface area contributed by atoms with Crippen molar-refractivity contribution in [2.45, 2.75) is 0 Å². The molecule has 9 heteroatoms. The van der Waals surface area contributed by atoms with Crippen LogP contribution in [0.2, 0.25) is 0 Å². The monoisotopic (exact) mass is 326 g/mol. The Morgan fingerprint density at radius 3 is 1.23 bits per heavy atom.